The van der Waals surface area contributed by atoms with Crippen LogP contribution in [-0.2, 0) is 35.4 Å². The first-order valence-electron chi connectivity index (χ1n) is 15.2. The summed E-state index contributed by atoms with van der Waals surface area (Å²) < 4.78 is 16.5. The summed E-state index contributed by atoms with van der Waals surface area (Å²) in [5, 5.41) is 13.1. The van der Waals surface area contributed by atoms with Crippen LogP contribution >= 0.6 is 0 Å². The van der Waals surface area contributed by atoms with E-state index < -0.39 is 12.0 Å². The van der Waals surface area contributed by atoms with Crippen LogP contribution < -0.4 is 0 Å². The lowest BCUT2D eigenvalue weighted by atomic mass is 9.88. The Balaban J connectivity index is 1.41. The fourth-order valence-corrected chi connectivity index (χ4v) is 6.97. The molecule has 1 aliphatic carbocycles. The van der Waals surface area contributed by atoms with Gasteiger partial charge in [0, 0.05) is 35.1 Å². The molecular weight excluding hydrogens is 539 g/mol. The predicted molar refractivity (Wildman–Crippen MR) is 168 cm³/mol. The smallest absolute Gasteiger partial charge is 0.326 e. The third kappa shape index (κ3) is 5.54. The van der Waals surface area contributed by atoms with Gasteiger partial charge in [0.25, 0.3) is 0 Å². The van der Waals surface area contributed by atoms with E-state index in [0.29, 0.717) is 38.6 Å². The zero-order valence-electron chi connectivity index (χ0n) is 24.7. The second kappa shape index (κ2) is 12.0. The van der Waals surface area contributed by atoms with Crippen molar-refractivity contribution in [2.45, 2.75) is 64.6 Å². The van der Waals surface area contributed by atoms with Crippen LogP contribution in [0.5, 0.6) is 0 Å². The Morgan fingerprint density at radius 1 is 0.977 bits per heavy atom. The summed E-state index contributed by atoms with van der Waals surface area (Å²) in [6.07, 6.45) is 2.94. The summed E-state index contributed by atoms with van der Waals surface area (Å²) in [6, 6.07) is 28.4. The molecule has 1 heterocycles. The number of aromatic nitrogens is 1. The van der Waals surface area contributed by atoms with Crippen LogP contribution in [0.4, 0.5) is 4.39 Å². The van der Waals surface area contributed by atoms with Gasteiger partial charge in [-0.3, -0.25) is 4.79 Å². The van der Waals surface area contributed by atoms with E-state index in [1.807, 2.05) is 59.7 Å². The first-order valence-corrected chi connectivity index (χ1v) is 15.2. The van der Waals surface area contributed by atoms with Crippen LogP contribution in [0.1, 0.15) is 55.1 Å². The standard InChI is InChI=1S/C37H37FN2O3/c1-3-33(37(42)43)40-34-18-16-28(38)21-31(34)32-22-29(17-19-35(32)40)39(36(41)24(2)20-25-10-5-4-6-11-25)23-27-14-9-13-26-12-7-8-15-30(26)27/h4-16,18,21,24,29,33H,3,17,19-20,22-23H2,1-2H3,(H,42,43). The van der Waals surface area contributed by atoms with Gasteiger partial charge in [-0.25, -0.2) is 9.18 Å². The summed E-state index contributed by atoms with van der Waals surface area (Å²) in [4.78, 5) is 28.7. The topological polar surface area (TPSA) is 62.5 Å². The van der Waals surface area contributed by atoms with Gasteiger partial charge in [0.05, 0.1) is 0 Å². The molecule has 1 aromatic heterocycles. The Kier molecular flexibility index (Phi) is 8.02. The molecule has 1 amide bonds. The van der Waals surface area contributed by atoms with Crippen LogP contribution in [-0.4, -0.2) is 32.5 Å². The molecule has 0 radical (unpaired) electrons. The average Bonchev–Trinajstić information content (AvgIpc) is 3.32. The molecule has 43 heavy (non-hydrogen) atoms. The maximum Gasteiger partial charge on any atom is 0.326 e. The molecule has 5 aromatic rings. The van der Waals surface area contributed by atoms with Gasteiger partial charge in [0.15, 0.2) is 0 Å². The van der Waals surface area contributed by atoms with E-state index in [1.54, 1.807) is 6.07 Å². The van der Waals surface area contributed by atoms with Crippen molar-refractivity contribution in [3.63, 3.8) is 0 Å². The van der Waals surface area contributed by atoms with Crippen molar-refractivity contribution in [3.8, 4) is 0 Å². The van der Waals surface area contributed by atoms with Crippen LogP contribution in [0.25, 0.3) is 21.7 Å². The molecular formula is C37H37FN2O3. The highest BCUT2D eigenvalue weighted by Gasteiger charge is 2.35. The number of rotatable bonds is 9. The second-order valence-electron chi connectivity index (χ2n) is 11.8. The zero-order valence-corrected chi connectivity index (χ0v) is 24.7. The van der Waals surface area contributed by atoms with E-state index in [9.17, 15) is 19.1 Å². The molecule has 0 spiro atoms. The number of carboxylic acid groups (broad SMARTS) is 1. The Labute approximate surface area is 251 Å². The third-order valence-corrected chi connectivity index (χ3v) is 9.07. The van der Waals surface area contributed by atoms with Crippen LogP contribution in [0, 0.1) is 11.7 Å². The number of aliphatic carboxylic acids is 1. The lowest BCUT2D eigenvalue weighted by molar-refractivity contribution is -0.141. The first-order chi connectivity index (χ1) is 20.9. The first kappa shape index (κ1) is 28.7. The van der Waals surface area contributed by atoms with Crippen molar-refractivity contribution in [1.82, 2.24) is 9.47 Å². The average molecular weight is 577 g/mol. The number of carbonyl (C=O) groups is 2. The number of fused-ring (bicyclic) bond motifs is 4. The van der Waals surface area contributed by atoms with Gasteiger partial charge in [-0.2, -0.15) is 0 Å². The molecule has 3 unspecified atom stereocenters. The van der Waals surface area contributed by atoms with Crippen LogP contribution in [0.2, 0.25) is 0 Å². The second-order valence-corrected chi connectivity index (χ2v) is 11.8. The SMILES string of the molecule is CCC(C(=O)O)n1c2c(c3cc(F)ccc31)CC(N(Cc1cccc3ccccc13)C(=O)C(C)Cc1ccccc1)CC2. The Morgan fingerprint density at radius 2 is 1.72 bits per heavy atom. The number of amides is 1. The highest BCUT2D eigenvalue weighted by atomic mass is 19.1. The van der Waals surface area contributed by atoms with Crippen LogP contribution in [0.3, 0.4) is 0 Å². The van der Waals surface area contributed by atoms with Crippen molar-refractivity contribution in [3.05, 3.63) is 119 Å². The molecule has 0 saturated heterocycles. The Hall–Kier alpha value is -4.45. The normalized spacial score (nSPS) is 16.1. The van der Waals surface area contributed by atoms with E-state index in [4.69, 9.17) is 0 Å². The van der Waals surface area contributed by atoms with Crippen molar-refractivity contribution < 1.29 is 19.1 Å². The van der Waals surface area contributed by atoms with E-state index >= 15 is 0 Å². The molecule has 6 rings (SSSR count). The van der Waals surface area contributed by atoms with Crippen molar-refractivity contribution in [1.29, 1.82) is 0 Å². The van der Waals surface area contributed by atoms with Gasteiger partial charge in [0.2, 0.25) is 5.91 Å². The highest BCUT2D eigenvalue weighted by Crippen LogP contribution is 2.38. The molecule has 4 aromatic carbocycles. The predicted octanol–water partition coefficient (Wildman–Crippen LogP) is 7.73. The maximum absolute atomic E-state index is 14.6. The van der Waals surface area contributed by atoms with E-state index in [-0.39, 0.29) is 23.7 Å². The van der Waals surface area contributed by atoms with E-state index in [1.165, 1.54) is 12.1 Å². The molecule has 3 atom stereocenters. The molecule has 220 valence electrons. The van der Waals surface area contributed by atoms with Gasteiger partial charge in [-0.15, -0.1) is 0 Å². The minimum absolute atomic E-state index is 0.0946. The number of benzene rings is 4. The Morgan fingerprint density at radius 3 is 2.49 bits per heavy atom. The number of nitrogens with zero attached hydrogens (tertiary/aromatic N) is 2. The number of hydrogen-bond donors (Lipinski definition) is 1. The molecule has 6 heteroatoms. The lowest BCUT2D eigenvalue weighted by Gasteiger charge is -2.37. The van der Waals surface area contributed by atoms with Crippen molar-refractivity contribution in [2.75, 3.05) is 0 Å². The molecule has 0 bridgehead atoms. The van der Waals surface area contributed by atoms with E-state index in [2.05, 4.69) is 36.4 Å². The van der Waals surface area contributed by atoms with Crippen molar-refractivity contribution in [2.24, 2.45) is 5.92 Å². The number of carboxylic acids is 1. The van der Waals surface area contributed by atoms with Gasteiger partial charge >= 0.3 is 5.97 Å². The number of hydrogen-bond acceptors (Lipinski definition) is 2. The maximum atomic E-state index is 14.6. The molecule has 0 aliphatic heterocycles. The van der Waals surface area contributed by atoms with Gasteiger partial charge in [-0.05, 0) is 77.8 Å². The minimum atomic E-state index is -0.892. The van der Waals surface area contributed by atoms with Gasteiger partial charge < -0.3 is 14.6 Å². The monoisotopic (exact) mass is 576 g/mol. The summed E-state index contributed by atoms with van der Waals surface area (Å²) in [5.74, 6) is -1.37. The summed E-state index contributed by atoms with van der Waals surface area (Å²) in [6.45, 7) is 4.34. The van der Waals surface area contributed by atoms with Gasteiger partial charge in [0.1, 0.15) is 11.9 Å². The fourth-order valence-electron chi connectivity index (χ4n) is 6.97. The van der Waals surface area contributed by atoms with Crippen LogP contribution in [0.15, 0.2) is 91.0 Å². The van der Waals surface area contributed by atoms with Gasteiger partial charge in [-0.1, -0.05) is 86.6 Å². The number of carbonyl (C=O) groups excluding carboxylic acids is 1. The fraction of sp³-hybridized carbons (Fsp3) is 0.297. The van der Waals surface area contributed by atoms with Crippen molar-refractivity contribution >= 4 is 33.6 Å². The molecule has 1 N–H and O–H groups in total. The zero-order chi connectivity index (χ0) is 30.1. The molecule has 0 saturated carbocycles. The molecule has 5 nitrogen and oxygen atoms in total. The lowest BCUT2D eigenvalue weighted by Crippen LogP contribution is -2.45. The summed E-state index contributed by atoms with van der Waals surface area (Å²) in [7, 11) is 0. The summed E-state index contributed by atoms with van der Waals surface area (Å²) >= 11 is 0. The quantitative estimate of drug-likeness (QED) is 0.195. The third-order valence-electron chi connectivity index (χ3n) is 9.07. The largest absolute Gasteiger partial charge is 0.480 e. The molecule has 1 aliphatic rings. The van der Waals surface area contributed by atoms with E-state index in [0.717, 1.165) is 44.1 Å². The minimum Gasteiger partial charge on any atom is -0.480 e. The Bertz CT molecular complexity index is 1790. The highest BCUT2D eigenvalue weighted by molar-refractivity contribution is 5.89. The molecule has 0 fully saturated rings. The number of halogens is 1. The summed E-state index contributed by atoms with van der Waals surface area (Å²) in [5.41, 5.74) is 4.86.